The highest BCUT2D eigenvalue weighted by atomic mass is 32.1. The van der Waals surface area contributed by atoms with Gasteiger partial charge in [0, 0.05) is 19.5 Å². The van der Waals surface area contributed by atoms with Crippen molar-refractivity contribution in [2.75, 3.05) is 38.6 Å². The molecule has 0 unspecified atom stereocenters. The van der Waals surface area contributed by atoms with E-state index in [9.17, 15) is 24.0 Å². The Kier molecular flexibility index (Phi) is 9.67. The Hall–Kier alpha value is -5.30. The molecule has 48 heavy (non-hydrogen) atoms. The number of hydrogen-bond acceptors (Lipinski definition) is 10. The van der Waals surface area contributed by atoms with E-state index in [4.69, 9.17) is 15.6 Å². The number of nitrogens with one attached hydrogen (secondary N) is 1. The van der Waals surface area contributed by atoms with Gasteiger partial charge in [-0.1, -0.05) is 47.7 Å². The number of carbonyl (C=O) groups excluding carboxylic acids is 3. The molecule has 0 radical (unpaired) electrons. The number of aliphatic hydroxyl groups excluding tert-OH is 1. The number of fused-ring (bicyclic) bond motifs is 2. The number of nitriles is 1. The number of piperazine rings is 1. The number of nitrogen functional groups attached to an aromatic ring is 1. The van der Waals surface area contributed by atoms with Crippen molar-refractivity contribution in [1.82, 2.24) is 30.1 Å². The number of amides is 4. The van der Waals surface area contributed by atoms with E-state index in [1.165, 1.54) is 38.4 Å². The molecule has 1 aromatic heterocycles. The van der Waals surface area contributed by atoms with E-state index in [1.54, 1.807) is 41.3 Å². The summed E-state index contributed by atoms with van der Waals surface area (Å²) >= 11 is 1.35. The molecule has 15 heteroatoms. The molecule has 2 atom stereocenters. The summed E-state index contributed by atoms with van der Waals surface area (Å²) in [4.78, 5) is 49.1. The molecule has 2 aliphatic heterocycles. The number of benzene rings is 3. The number of hydrogen-bond donors (Lipinski definition) is 3. The summed E-state index contributed by atoms with van der Waals surface area (Å²) in [6.07, 6.45) is -0.564. The number of rotatable bonds is 11. The molecular formula is C33H33FN8O5S. The molecule has 4 N–H and O–H groups in total. The molecule has 0 aliphatic carbocycles. The van der Waals surface area contributed by atoms with E-state index in [2.05, 4.69) is 10.3 Å². The summed E-state index contributed by atoms with van der Waals surface area (Å²) in [5, 5.41) is 24.7. The molecule has 2 fully saturated rings. The average molecular weight is 673 g/mol. The van der Waals surface area contributed by atoms with Crippen LogP contribution < -0.4 is 15.8 Å². The van der Waals surface area contributed by atoms with Gasteiger partial charge in [-0.05, 0) is 47.0 Å². The van der Waals surface area contributed by atoms with Crippen LogP contribution in [-0.2, 0) is 29.1 Å². The number of para-hydroxylation sites is 1. The number of hydrazine groups is 1. The summed E-state index contributed by atoms with van der Waals surface area (Å²) < 4.78 is 19.7. The zero-order chi connectivity index (χ0) is 33.8. The average Bonchev–Trinajstić information content (AvgIpc) is 3.63. The van der Waals surface area contributed by atoms with Crippen LogP contribution in [0.2, 0.25) is 0 Å². The van der Waals surface area contributed by atoms with E-state index < -0.39 is 24.1 Å². The van der Waals surface area contributed by atoms with Crippen molar-refractivity contribution in [1.29, 1.82) is 5.26 Å². The fourth-order valence-electron chi connectivity index (χ4n) is 6.07. The Labute approximate surface area is 279 Å². The van der Waals surface area contributed by atoms with Gasteiger partial charge in [0.2, 0.25) is 11.8 Å². The highest BCUT2D eigenvalue weighted by Gasteiger charge is 2.52. The summed E-state index contributed by atoms with van der Waals surface area (Å²) in [6, 6.07) is 18.9. The first-order valence-electron chi connectivity index (χ1n) is 15.3. The number of aliphatic hydroxyl groups is 1. The number of nitrogens with zero attached hydrogens (tertiary/aromatic N) is 6. The summed E-state index contributed by atoms with van der Waals surface area (Å²) in [5.74, 6) is -0.474. The number of aromatic nitrogens is 1. The first kappa shape index (κ1) is 32.6. The molecular weight excluding hydrogens is 639 g/mol. The topological polar surface area (TPSA) is 168 Å². The Morgan fingerprint density at radius 1 is 1.15 bits per heavy atom. The minimum atomic E-state index is -0.906. The Morgan fingerprint density at radius 3 is 2.62 bits per heavy atom. The first-order chi connectivity index (χ1) is 23.2. The highest BCUT2D eigenvalue weighted by molar-refractivity contribution is 7.22. The molecule has 0 saturated carbocycles. The van der Waals surface area contributed by atoms with Crippen LogP contribution in [0, 0.1) is 17.1 Å². The molecule has 4 aromatic rings. The number of ether oxygens (including phenoxy) is 1. The Balaban J connectivity index is 1.30. The lowest BCUT2D eigenvalue weighted by molar-refractivity contribution is -0.157. The lowest BCUT2D eigenvalue weighted by Gasteiger charge is -2.46. The van der Waals surface area contributed by atoms with Crippen LogP contribution in [0.3, 0.4) is 0 Å². The van der Waals surface area contributed by atoms with Crippen LogP contribution in [0.4, 0.5) is 14.3 Å². The molecule has 4 amide bonds. The van der Waals surface area contributed by atoms with Gasteiger partial charge in [0.15, 0.2) is 5.13 Å². The molecule has 6 rings (SSSR count). The van der Waals surface area contributed by atoms with Gasteiger partial charge >= 0.3 is 6.03 Å². The molecule has 3 aromatic carbocycles. The third kappa shape index (κ3) is 6.86. The Morgan fingerprint density at radius 2 is 1.90 bits per heavy atom. The second-order valence-electron chi connectivity index (χ2n) is 11.4. The molecule has 2 saturated heterocycles. The van der Waals surface area contributed by atoms with Crippen molar-refractivity contribution >= 4 is 44.5 Å². The van der Waals surface area contributed by atoms with Gasteiger partial charge in [0.05, 0.1) is 36.0 Å². The maximum Gasteiger partial charge on any atom is 0.333 e. The van der Waals surface area contributed by atoms with Gasteiger partial charge in [0.25, 0.3) is 0 Å². The van der Waals surface area contributed by atoms with Crippen LogP contribution in [-0.4, -0.2) is 92.8 Å². The van der Waals surface area contributed by atoms with Gasteiger partial charge in [0.1, 0.15) is 36.9 Å². The van der Waals surface area contributed by atoms with Gasteiger partial charge in [-0.2, -0.15) is 10.3 Å². The van der Waals surface area contributed by atoms with Crippen molar-refractivity contribution < 1.29 is 28.6 Å². The SMILES string of the molecule is N#CCN(C(=O)NCc1ccc(F)cc1)N1CC(=O)N2[C@@H](Cc3ccc(OCCO)cc3)C(=O)N(Cc3cccc4sc(N)nc34)C[C@@H]21. The predicted octanol–water partition coefficient (Wildman–Crippen LogP) is 2.46. The van der Waals surface area contributed by atoms with Crippen LogP contribution in [0.5, 0.6) is 5.75 Å². The summed E-state index contributed by atoms with van der Waals surface area (Å²) in [6.45, 7) is -0.231. The van der Waals surface area contributed by atoms with Crippen LogP contribution >= 0.6 is 11.3 Å². The minimum Gasteiger partial charge on any atom is -0.491 e. The predicted molar refractivity (Wildman–Crippen MR) is 174 cm³/mol. The van der Waals surface area contributed by atoms with E-state index in [0.717, 1.165) is 15.8 Å². The van der Waals surface area contributed by atoms with Crippen LogP contribution in [0.25, 0.3) is 10.2 Å². The number of thiazole rings is 1. The normalized spacial score (nSPS) is 17.8. The third-order valence-corrected chi connectivity index (χ3v) is 9.13. The van der Waals surface area contributed by atoms with Crippen LogP contribution in [0.1, 0.15) is 16.7 Å². The second kappa shape index (κ2) is 14.2. The van der Waals surface area contributed by atoms with E-state index in [1.807, 2.05) is 24.3 Å². The summed E-state index contributed by atoms with van der Waals surface area (Å²) in [5.41, 5.74) is 8.90. The molecule has 0 spiro atoms. The fraction of sp³-hybridized carbons (Fsp3) is 0.303. The molecule has 0 bridgehead atoms. The quantitative estimate of drug-likeness (QED) is 0.203. The lowest BCUT2D eigenvalue weighted by atomic mass is 9.99. The second-order valence-corrected chi connectivity index (χ2v) is 12.4. The van der Waals surface area contributed by atoms with E-state index in [0.29, 0.717) is 22.0 Å². The highest BCUT2D eigenvalue weighted by Crippen LogP contribution is 2.32. The van der Waals surface area contributed by atoms with Gasteiger partial charge in [-0.25, -0.2) is 19.2 Å². The summed E-state index contributed by atoms with van der Waals surface area (Å²) in [7, 11) is 0. The molecule has 248 valence electrons. The standard InChI is InChI=1S/C33H33FN8O5S/c34-24-8-4-22(5-9-24)17-37-33(46)40(13-12-35)41-20-29(44)42-26(16-21-6-10-25(11-7-21)47-15-14-43)31(45)39(19-28(41)42)18-23-2-1-3-27-30(23)38-32(36)48-27/h1-11,26,28,43H,13-20H2,(H2,36,38)(H,37,46)/t26-,28+/m0/s1. The van der Waals surface area contributed by atoms with Gasteiger partial charge in [-0.3, -0.25) is 9.59 Å². The zero-order valence-electron chi connectivity index (χ0n) is 25.8. The van der Waals surface area contributed by atoms with Crippen molar-refractivity contribution in [3.8, 4) is 11.8 Å². The number of halogens is 1. The maximum absolute atomic E-state index is 14.2. The van der Waals surface area contributed by atoms with Gasteiger partial charge < -0.3 is 30.7 Å². The van der Waals surface area contributed by atoms with Crippen molar-refractivity contribution in [2.45, 2.75) is 31.7 Å². The number of carbonyl (C=O) groups is 3. The number of nitrogens with two attached hydrogens (primary N) is 1. The van der Waals surface area contributed by atoms with Gasteiger partial charge in [-0.15, -0.1) is 0 Å². The molecule has 2 aliphatic rings. The molecule has 3 heterocycles. The first-order valence-corrected chi connectivity index (χ1v) is 16.1. The zero-order valence-corrected chi connectivity index (χ0v) is 26.6. The smallest absolute Gasteiger partial charge is 0.333 e. The van der Waals surface area contributed by atoms with Crippen molar-refractivity contribution in [2.24, 2.45) is 0 Å². The number of anilines is 1. The van der Waals surface area contributed by atoms with Crippen molar-refractivity contribution in [3.05, 3.63) is 89.2 Å². The largest absolute Gasteiger partial charge is 0.491 e. The minimum absolute atomic E-state index is 0.0676. The monoisotopic (exact) mass is 672 g/mol. The fourth-order valence-corrected chi connectivity index (χ4v) is 6.85. The van der Waals surface area contributed by atoms with E-state index >= 15 is 0 Å². The van der Waals surface area contributed by atoms with Crippen LogP contribution in [0.15, 0.2) is 66.7 Å². The Bertz CT molecular complexity index is 1850. The number of urea groups is 1. The maximum atomic E-state index is 14.2. The lowest BCUT2D eigenvalue weighted by Crippen LogP contribution is -2.66. The van der Waals surface area contributed by atoms with Crippen molar-refractivity contribution in [3.63, 3.8) is 0 Å². The molecule has 13 nitrogen and oxygen atoms in total. The van der Waals surface area contributed by atoms with E-state index in [-0.39, 0.29) is 64.2 Å². The third-order valence-electron chi connectivity index (χ3n) is 8.28.